The van der Waals surface area contributed by atoms with Crippen molar-refractivity contribution in [2.24, 2.45) is 0 Å². The van der Waals surface area contributed by atoms with Crippen LogP contribution in [0.15, 0.2) is 30.5 Å². The highest BCUT2D eigenvalue weighted by Gasteiger charge is 2.18. The Labute approximate surface area is 176 Å². The Hall–Kier alpha value is -2.55. The van der Waals surface area contributed by atoms with Crippen LogP contribution in [-0.4, -0.2) is 40.4 Å². The van der Waals surface area contributed by atoms with Crippen molar-refractivity contribution in [3.63, 3.8) is 0 Å². The number of aryl methyl sites for hydroxylation is 3. The number of halogens is 1. The van der Waals surface area contributed by atoms with Gasteiger partial charge in [0.15, 0.2) is 0 Å². The number of pyridine rings is 1. The Kier molecular flexibility index (Phi) is 9.16. The van der Waals surface area contributed by atoms with Crippen LogP contribution in [-0.2, 0) is 4.79 Å². The quantitative estimate of drug-likeness (QED) is 0.218. The van der Waals surface area contributed by atoms with Gasteiger partial charge in [0.25, 0.3) is 5.91 Å². The largest absolute Gasteiger partial charge is 0.394 e. The number of aliphatic hydroxyl groups excluding tert-OH is 1. The number of rotatable bonds is 11. The molecule has 8 heteroatoms. The first kappa shape index (κ1) is 23.7. The summed E-state index contributed by atoms with van der Waals surface area (Å²) >= 11 is 0. The van der Waals surface area contributed by atoms with E-state index >= 15 is 0 Å². The third-order valence-electron chi connectivity index (χ3n) is 4.99. The summed E-state index contributed by atoms with van der Waals surface area (Å²) in [7, 11) is 0. The third-order valence-corrected chi connectivity index (χ3v) is 4.99. The number of nitrogens with one attached hydrogen (secondary N) is 3. The number of hydroxylamine groups is 1. The third kappa shape index (κ3) is 6.76. The summed E-state index contributed by atoms with van der Waals surface area (Å²) in [4.78, 5) is 16.4. The van der Waals surface area contributed by atoms with Crippen LogP contribution < -0.4 is 16.1 Å². The molecule has 0 aliphatic carbocycles. The summed E-state index contributed by atoms with van der Waals surface area (Å²) in [5, 5.41) is 25.0. The number of nitrogens with zero attached hydrogens (tertiary/aromatic N) is 1. The first-order valence-electron chi connectivity index (χ1n) is 10.1. The van der Waals surface area contributed by atoms with Gasteiger partial charge >= 0.3 is 0 Å². The molecule has 1 amide bonds. The van der Waals surface area contributed by atoms with Gasteiger partial charge in [-0.3, -0.25) is 15.0 Å². The van der Waals surface area contributed by atoms with Gasteiger partial charge in [-0.25, -0.2) is 9.87 Å². The molecule has 0 unspecified atom stereocenters. The molecule has 0 radical (unpaired) electrons. The molecule has 0 bridgehead atoms. The van der Waals surface area contributed by atoms with E-state index in [2.05, 4.69) is 15.6 Å². The van der Waals surface area contributed by atoms with Gasteiger partial charge in [-0.05, 0) is 81.5 Å². The Balaban J connectivity index is 1.86. The number of aromatic nitrogens is 1. The minimum Gasteiger partial charge on any atom is -0.394 e. The normalized spacial score (nSPS) is 13.0. The van der Waals surface area contributed by atoms with Crippen LogP contribution in [0.2, 0.25) is 0 Å². The molecule has 0 fully saturated rings. The van der Waals surface area contributed by atoms with Crippen molar-refractivity contribution in [3.05, 3.63) is 58.7 Å². The second kappa shape index (κ2) is 11.6. The minimum absolute atomic E-state index is 0.0591. The maximum atomic E-state index is 13.8. The van der Waals surface area contributed by atoms with Crippen LogP contribution in [0.1, 0.15) is 47.7 Å². The Bertz CT molecular complexity index is 807. The molecular weight excluding hydrogens is 387 g/mol. The lowest BCUT2D eigenvalue weighted by Crippen LogP contribution is -2.38. The van der Waals surface area contributed by atoms with Gasteiger partial charge in [0.05, 0.1) is 18.3 Å². The zero-order chi connectivity index (χ0) is 22.1. The second-order valence-corrected chi connectivity index (χ2v) is 7.54. The maximum Gasteiger partial charge on any atom is 0.265 e. The van der Waals surface area contributed by atoms with Gasteiger partial charge in [0, 0.05) is 11.9 Å². The number of benzene rings is 1. The molecule has 0 saturated heterocycles. The Morgan fingerprint density at radius 1 is 1.17 bits per heavy atom. The van der Waals surface area contributed by atoms with Crippen molar-refractivity contribution in [1.82, 2.24) is 15.8 Å². The Morgan fingerprint density at radius 2 is 1.87 bits per heavy atom. The van der Waals surface area contributed by atoms with Crippen molar-refractivity contribution < 1.29 is 19.5 Å². The molecule has 7 nitrogen and oxygen atoms in total. The fraction of sp³-hybridized carbons (Fsp3) is 0.455. The zero-order valence-electron chi connectivity index (χ0n) is 17.7. The molecule has 0 aliphatic heterocycles. The SMILES string of the molecule is Cc1ccc([C@@H](CO)NCCCC[C@@H](Nc2cc(C)c(F)c(C)c2)C(=O)NO)nc1. The zero-order valence-corrected chi connectivity index (χ0v) is 17.7. The number of anilines is 1. The van der Waals surface area contributed by atoms with Crippen molar-refractivity contribution in [2.45, 2.75) is 52.1 Å². The van der Waals surface area contributed by atoms with Crippen molar-refractivity contribution in [3.8, 4) is 0 Å². The van der Waals surface area contributed by atoms with Gasteiger partial charge in [0.2, 0.25) is 0 Å². The number of unbranched alkanes of at least 4 members (excludes halogenated alkanes) is 1. The molecule has 1 aromatic carbocycles. The standard InChI is InChI=1S/C22H31FN4O3/c1-14-7-8-18(25-12-14)20(13-28)24-9-5-4-6-19(22(29)27-30)26-17-10-15(2)21(23)16(3)11-17/h7-8,10-12,19-20,24,26,28,30H,4-6,9,13H2,1-3H3,(H,27,29)/t19-,20-/m1/s1. The van der Waals surface area contributed by atoms with Gasteiger partial charge < -0.3 is 15.7 Å². The summed E-state index contributed by atoms with van der Waals surface area (Å²) in [6.45, 7) is 5.88. The minimum atomic E-state index is -0.647. The lowest BCUT2D eigenvalue weighted by atomic mass is 10.1. The smallest absolute Gasteiger partial charge is 0.265 e. The monoisotopic (exact) mass is 418 g/mol. The maximum absolute atomic E-state index is 13.8. The predicted octanol–water partition coefficient (Wildman–Crippen LogP) is 2.93. The van der Waals surface area contributed by atoms with E-state index in [1.807, 2.05) is 19.1 Å². The highest BCUT2D eigenvalue weighted by molar-refractivity contribution is 5.83. The van der Waals surface area contributed by atoms with E-state index in [1.165, 1.54) is 0 Å². The van der Waals surface area contributed by atoms with Crippen LogP contribution in [0.25, 0.3) is 0 Å². The van der Waals surface area contributed by atoms with Crippen molar-refractivity contribution in [1.29, 1.82) is 0 Å². The van der Waals surface area contributed by atoms with E-state index in [0.29, 0.717) is 36.2 Å². The summed E-state index contributed by atoms with van der Waals surface area (Å²) in [6, 6.07) is 6.23. The lowest BCUT2D eigenvalue weighted by Gasteiger charge is -2.20. The lowest BCUT2D eigenvalue weighted by molar-refractivity contribution is -0.130. The molecule has 30 heavy (non-hydrogen) atoms. The first-order valence-corrected chi connectivity index (χ1v) is 10.1. The number of aliphatic hydroxyl groups is 1. The molecule has 5 N–H and O–H groups in total. The van der Waals surface area contributed by atoms with Crippen molar-refractivity contribution >= 4 is 11.6 Å². The highest BCUT2D eigenvalue weighted by atomic mass is 19.1. The highest BCUT2D eigenvalue weighted by Crippen LogP contribution is 2.20. The van der Waals surface area contributed by atoms with E-state index in [1.54, 1.807) is 37.7 Å². The fourth-order valence-electron chi connectivity index (χ4n) is 3.27. The van der Waals surface area contributed by atoms with Crippen LogP contribution >= 0.6 is 0 Å². The fourth-order valence-corrected chi connectivity index (χ4v) is 3.27. The van der Waals surface area contributed by atoms with Crippen LogP contribution in [0.4, 0.5) is 10.1 Å². The summed E-state index contributed by atoms with van der Waals surface area (Å²) in [5.41, 5.74) is 5.14. The predicted molar refractivity (Wildman–Crippen MR) is 114 cm³/mol. The van der Waals surface area contributed by atoms with E-state index < -0.39 is 11.9 Å². The van der Waals surface area contributed by atoms with E-state index in [9.17, 15) is 14.3 Å². The van der Waals surface area contributed by atoms with Crippen molar-refractivity contribution in [2.75, 3.05) is 18.5 Å². The topological polar surface area (TPSA) is 107 Å². The molecule has 1 aromatic heterocycles. The van der Waals surface area contributed by atoms with Crippen LogP contribution in [0.3, 0.4) is 0 Å². The summed E-state index contributed by atoms with van der Waals surface area (Å²) < 4.78 is 13.8. The average Bonchev–Trinajstić information content (AvgIpc) is 2.73. The van der Waals surface area contributed by atoms with E-state index in [4.69, 9.17) is 5.21 Å². The molecule has 2 rings (SSSR count). The molecule has 0 spiro atoms. The van der Waals surface area contributed by atoms with E-state index in [0.717, 1.165) is 17.7 Å². The molecule has 2 atom stereocenters. The second-order valence-electron chi connectivity index (χ2n) is 7.54. The van der Waals surface area contributed by atoms with E-state index in [-0.39, 0.29) is 18.5 Å². The molecule has 0 aliphatic rings. The van der Waals surface area contributed by atoms with Gasteiger partial charge in [-0.15, -0.1) is 0 Å². The number of hydrogen-bond acceptors (Lipinski definition) is 6. The Morgan fingerprint density at radius 3 is 2.43 bits per heavy atom. The molecule has 2 aromatic rings. The number of amides is 1. The van der Waals surface area contributed by atoms with Gasteiger partial charge in [-0.1, -0.05) is 6.07 Å². The first-order chi connectivity index (χ1) is 14.3. The molecule has 164 valence electrons. The molecule has 1 heterocycles. The number of carbonyl (C=O) groups is 1. The molecule has 0 saturated carbocycles. The summed E-state index contributed by atoms with van der Waals surface area (Å²) in [6.07, 6.45) is 3.72. The number of carbonyl (C=O) groups excluding carboxylic acids is 1. The number of hydrogen-bond donors (Lipinski definition) is 5. The van der Waals surface area contributed by atoms with Gasteiger partial charge in [-0.2, -0.15) is 0 Å². The average molecular weight is 419 g/mol. The van der Waals surface area contributed by atoms with Gasteiger partial charge in [0.1, 0.15) is 11.9 Å². The van der Waals surface area contributed by atoms with Crippen LogP contribution in [0, 0.1) is 26.6 Å². The molecular formula is C22H31FN4O3. The van der Waals surface area contributed by atoms with Crippen LogP contribution in [0.5, 0.6) is 0 Å². The summed E-state index contributed by atoms with van der Waals surface area (Å²) in [5.74, 6) is -0.809.